The van der Waals surface area contributed by atoms with E-state index in [2.05, 4.69) is 50.3 Å². The van der Waals surface area contributed by atoms with Crippen LogP contribution in [0.4, 0.5) is 5.82 Å². The molecule has 92 valence electrons. The number of nitrogens with zero attached hydrogens (tertiary/aromatic N) is 1. The Morgan fingerprint density at radius 1 is 1.67 bits per heavy atom. The first kappa shape index (κ1) is 11.7. The molecule has 1 aromatic heterocycles. The maximum atomic E-state index is 12.1. The number of nitrogens with one attached hydrogen (secondary N) is 2. The molecule has 0 spiro atoms. The number of rotatable bonds is 2. The second-order valence-corrected chi connectivity index (χ2v) is 5.69. The van der Waals surface area contributed by atoms with Gasteiger partial charge in [-0.3, -0.25) is 10.1 Å². The summed E-state index contributed by atoms with van der Waals surface area (Å²) in [4.78, 5) is 16.3. The van der Waals surface area contributed by atoms with E-state index in [0.717, 1.165) is 6.42 Å². The number of fused-ring (bicyclic) bond motifs is 1. The van der Waals surface area contributed by atoms with E-state index in [1.807, 2.05) is 12.1 Å². The molecule has 0 aromatic carbocycles. The Bertz CT molecular complexity index is 577. The zero-order chi connectivity index (χ0) is 12.8. The predicted molar refractivity (Wildman–Crippen MR) is 71.8 cm³/mol. The SMILES string of the molecule is C[C@]12C#C[C@H]1N[C@H](C(=O)Nc1cccc(Br)n1)C2. The van der Waals surface area contributed by atoms with Crippen molar-refractivity contribution in [1.82, 2.24) is 10.3 Å². The van der Waals surface area contributed by atoms with E-state index in [1.54, 1.807) is 6.07 Å². The standard InChI is InChI=1S/C13H12BrN3O/c1-13-6-5-9(13)15-8(7-13)12(18)17-11-4-2-3-10(14)16-11/h2-4,8-9,15H,7H2,1H3,(H,16,17,18)/t8-,9+,13+/m0/s1. The number of aromatic nitrogens is 1. The highest BCUT2D eigenvalue weighted by atomic mass is 79.9. The minimum atomic E-state index is -0.205. The molecule has 5 heteroatoms. The molecule has 1 aliphatic heterocycles. The van der Waals surface area contributed by atoms with Crippen LogP contribution in [0, 0.1) is 17.3 Å². The lowest BCUT2D eigenvalue weighted by Gasteiger charge is -2.27. The van der Waals surface area contributed by atoms with E-state index < -0.39 is 0 Å². The molecule has 1 aromatic rings. The van der Waals surface area contributed by atoms with Crippen LogP contribution in [0.2, 0.25) is 0 Å². The quantitative estimate of drug-likeness (QED) is 0.644. The minimum absolute atomic E-state index is 0.0350. The average molecular weight is 306 g/mol. The first-order valence-electron chi connectivity index (χ1n) is 5.79. The largest absolute Gasteiger partial charge is 0.309 e. The lowest BCUT2D eigenvalue weighted by molar-refractivity contribution is -0.117. The molecular weight excluding hydrogens is 294 g/mol. The second-order valence-electron chi connectivity index (χ2n) is 4.88. The molecule has 0 unspecified atom stereocenters. The fourth-order valence-corrected chi connectivity index (χ4v) is 2.67. The van der Waals surface area contributed by atoms with E-state index >= 15 is 0 Å². The fraction of sp³-hybridized carbons (Fsp3) is 0.385. The van der Waals surface area contributed by atoms with Crippen LogP contribution in [0.3, 0.4) is 0 Å². The number of carbonyl (C=O) groups is 1. The number of carbonyl (C=O) groups excluding carboxylic acids is 1. The lowest BCUT2D eigenvalue weighted by atomic mass is 9.76. The summed E-state index contributed by atoms with van der Waals surface area (Å²) < 4.78 is 0.704. The molecule has 1 aliphatic carbocycles. The van der Waals surface area contributed by atoms with E-state index in [9.17, 15) is 4.79 Å². The molecule has 1 saturated heterocycles. The average Bonchev–Trinajstić information content (AvgIpc) is 2.54. The zero-order valence-corrected chi connectivity index (χ0v) is 11.4. The highest BCUT2D eigenvalue weighted by Crippen LogP contribution is 2.38. The Balaban J connectivity index is 1.67. The van der Waals surface area contributed by atoms with E-state index in [4.69, 9.17) is 0 Å². The molecular formula is C13H12BrN3O. The van der Waals surface area contributed by atoms with Crippen LogP contribution in [0.15, 0.2) is 22.8 Å². The van der Waals surface area contributed by atoms with Gasteiger partial charge in [-0.25, -0.2) is 4.98 Å². The molecule has 2 aliphatic rings. The van der Waals surface area contributed by atoms with Crippen LogP contribution in [0.25, 0.3) is 0 Å². The third-order valence-electron chi connectivity index (χ3n) is 3.42. The molecule has 3 atom stereocenters. The molecule has 0 radical (unpaired) electrons. The summed E-state index contributed by atoms with van der Waals surface area (Å²) in [5.41, 5.74) is -0.0350. The van der Waals surface area contributed by atoms with Crippen LogP contribution in [0.5, 0.6) is 0 Å². The summed E-state index contributed by atoms with van der Waals surface area (Å²) in [7, 11) is 0. The van der Waals surface area contributed by atoms with E-state index in [0.29, 0.717) is 10.4 Å². The van der Waals surface area contributed by atoms with Crippen molar-refractivity contribution in [2.45, 2.75) is 25.4 Å². The molecule has 4 nitrogen and oxygen atoms in total. The minimum Gasteiger partial charge on any atom is -0.309 e. The first-order valence-corrected chi connectivity index (χ1v) is 6.58. The number of hydrogen-bond acceptors (Lipinski definition) is 3. The van der Waals surface area contributed by atoms with Gasteiger partial charge in [-0.05, 0) is 41.4 Å². The van der Waals surface area contributed by atoms with Gasteiger partial charge in [0.25, 0.3) is 0 Å². The van der Waals surface area contributed by atoms with Crippen LogP contribution in [-0.2, 0) is 4.79 Å². The van der Waals surface area contributed by atoms with E-state index in [1.165, 1.54) is 0 Å². The van der Waals surface area contributed by atoms with Crippen molar-refractivity contribution < 1.29 is 4.79 Å². The highest BCUT2D eigenvalue weighted by Gasteiger charge is 2.48. The smallest absolute Gasteiger partial charge is 0.242 e. The summed E-state index contributed by atoms with van der Waals surface area (Å²) >= 11 is 3.28. The van der Waals surface area contributed by atoms with Gasteiger partial charge in [0, 0.05) is 0 Å². The maximum Gasteiger partial charge on any atom is 0.242 e. The van der Waals surface area contributed by atoms with Crippen molar-refractivity contribution >= 4 is 27.7 Å². The van der Waals surface area contributed by atoms with Crippen molar-refractivity contribution in [2.75, 3.05) is 5.32 Å². The number of pyridine rings is 1. The van der Waals surface area contributed by atoms with Crippen molar-refractivity contribution in [3.8, 4) is 11.8 Å². The van der Waals surface area contributed by atoms with E-state index in [-0.39, 0.29) is 23.4 Å². The predicted octanol–water partition coefficient (Wildman–Crippen LogP) is 1.54. The molecule has 1 fully saturated rings. The van der Waals surface area contributed by atoms with Crippen LogP contribution < -0.4 is 10.6 Å². The molecule has 2 N–H and O–H groups in total. The Morgan fingerprint density at radius 3 is 3.06 bits per heavy atom. The van der Waals surface area contributed by atoms with Gasteiger partial charge in [-0.15, -0.1) is 0 Å². The summed E-state index contributed by atoms with van der Waals surface area (Å²) in [6, 6.07) is 5.37. The molecule has 18 heavy (non-hydrogen) atoms. The Morgan fingerprint density at radius 2 is 2.50 bits per heavy atom. The van der Waals surface area contributed by atoms with Crippen LogP contribution in [0.1, 0.15) is 13.3 Å². The molecule has 0 saturated carbocycles. The van der Waals surface area contributed by atoms with Crippen molar-refractivity contribution in [3.05, 3.63) is 22.8 Å². The third-order valence-corrected chi connectivity index (χ3v) is 3.86. The Hall–Kier alpha value is -1.38. The second kappa shape index (κ2) is 4.08. The van der Waals surface area contributed by atoms with Gasteiger partial charge < -0.3 is 5.32 Å². The zero-order valence-electron chi connectivity index (χ0n) is 9.83. The summed E-state index contributed by atoms with van der Waals surface area (Å²) in [5, 5.41) is 6.05. The van der Waals surface area contributed by atoms with Crippen molar-refractivity contribution in [1.29, 1.82) is 0 Å². The summed E-state index contributed by atoms with van der Waals surface area (Å²) in [6.07, 6.45) is 0.754. The lowest BCUT2D eigenvalue weighted by Crippen LogP contribution is -2.42. The number of amides is 1. The fourth-order valence-electron chi connectivity index (χ4n) is 2.33. The van der Waals surface area contributed by atoms with Gasteiger partial charge in [0.1, 0.15) is 10.4 Å². The van der Waals surface area contributed by atoms with Gasteiger partial charge in [-0.2, -0.15) is 0 Å². The first-order chi connectivity index (χ1) is 8.57. The van der Waals surface area contributed by atoms with Crippen molar-refractivity contribution in [2.24, 2.45) is 5.41 Å². The Kier molecular flexibility index (Phi) is 2.65. The Labute approximate surface area is 114 Å². The molecule has 0 bridgehead atoms. The van der Waals surface area contributed by atoms with Crippen molar-refractivity contribution in [3.63, 3.8) is 0 Å². The number of halogens is 1. The normalized spacial score (nSPS) is 31.9. The number of hydrogen-bond donors (Lipinski definition) is 2. The molecule has 2 heterocycles. The van der Waals surface area contributed by atoms with Gasteiger partial charge in [-0.1, -0.05) is 17.9 Å². The maximum absolute atomic E-state index is 12.1. The van der Waals surface area contributed by atoms with Crippen LogP contribution >= 0.6 is 15.9 Å². The van der Waals surface area contributed by atoms with Crippen LogP contribution in [-0.4, -0.2) is 23.0 Å². The van der Waals surface area contributed by atoms with Gasteiger partial charge in [0.15, 0.2) is 0 Å². The number of anilines is 1. The molecule has 1 amide bonds. The topological polar surface area (TPSA) is 54.0 Å². The summed E-state index contributed by atoms with van der Waals surface area (Å²) in [6.45, 7) is 2.09. The monoisotopic (exact) mass is 305 g/mol. The summed E-state index contributed by atoms with van der Waals surface area (Å²) in [5.74, 6) is 6.67. The van der Waals surface area contributed by atoms with Gasteiger partial charge in [0.2, 0.25) is 5.91 Å². The van der Waals surface area contributed by atoms with Gasteiger partial charge >= 0.3 is 0 Å². The third kappa shape index (κ3) is 1.92. The highest BCUT2D eigenvalue weighted by molar-refractivity contribution is 9.10. The van der Waals surface area contributed by atoms with Gasteiger partial charge in [0.05, 0.1) is 17.5 Å². The molecule has 3 rings (SSSR count).